The Hall–Kier alpha value is -3.08. The Bertz CT molecular complexity index is 1240. The molecule has 4 heterocycles. The summed E-state index contributed by atoms with van der Waals surface area (Å²) in [6.07, 6.45) is 5.56. The highest BCUT2D eigenvalue weighted by atomic mass is 35.5. The molecule has 2 aromatic heterocycles. The summed E-state index contributed by atoms with van der Waals surface area (Å²) in [5, 5.41) is 8.27. The van der Waals surface area contributed by atoms with Gasteiger partial charge in [0, 0.05) is 55.3 Å². The molecule has 11 heteroatoms. The number of Topliss-reactive ketones (excluding diaryl/α,β-unsaturated/α-hetero) is 1. The number of halogens is 1. The van der Waals surface area contributed by atoms with E-state index in [9.17, 15) is 4.79 Å². The zero-order chi connectivity index (χ0) is 26.6. The first-order valence-corrected chi connectivity index (χ1v) is 13.7. The van der Waals surface area contributed by atoms with Gasteiger partial charge in [0.1, 0.15) is 11.5 Å². The minimum atomic E-state index is 0.0164. The van der Waals surface area contributed by atoms with Crippen molar-refractivity contribution in [3.8, 4) is 11.6 Å². The Morgan fingerprint density at radius 3 is 2.55 bits per heavy atom. The third-order valence-corrected chi connectivity index (χ3v) is 7.98. The molecule has 1 aromatic carbocycles. The molecule has 0 spiro atoms. The first kappa shape index (κ1) is 26.5. The first-order chi connectivity index (χ1) is 18.4. The topological polar surface area (TPSA) is 118 Å². The van der Waals surface area contributed by atoms with Gasteiger partial charge in [-0.15, -0.1) is 5.10 Å². The molecule has 2 saturated heterocycles. The van der Waals surface area contributed by atoms with Gasteiger partial charge in [-0.2, -0.15) is 0 Å². The Balaban J connectivity index is 1.13. The van der Waals surface area contributed by atoms with Crippen LogP contribution in [-0.2, 0) is 0 Å². The Labute approximate surface area is 228 Å². The zero-order valence-electron chi connectivity index (χ0n) is 22.0. The van der Waals surface area contributed by atoms with E-state index < -0.39 is 0 Å². The summed E-state index contributed by atoms with van der Waals surface area (Å²) in [7, 11) is 0. The fourth-order valence-corrected chi connectivity index (χ4v) is 5.77. The zero-order valence-corrected chi connectivity index (χ0v) is 22.8. The molecule has 0 radical (unpaired) electrons. The second-order valence-corrected chi connectivity index (χ2v) is 10.5. The number of aromatic nitrogens is 4. The van der Waals surface area contributed by atoms with E-state index in [1.54, 1.807) is 18.3 Å². The number of benzene rings is 1. The molecule has 38 heavy (non-hydrogen) atoms. The van der Waals surface area contributed by atoms with Crippen LogP contribution in [0, 0.1) is 6.92 Å². The summed E-state index contributed by atoms with van der Waals surface area (Å²) in [5.41, 5.74) is 7.65. The number of nitrogens with zero attached hydrogens (tertiary/aromatic N) is 7. The lowest BCUT2D eigenvalue weighted by Crippen LogP contribution is -2.58. The van der Waals surface area contributed by atoms with E-state index in [0.29, 0.717) is 29.2 Å². The number of carbonyl (C=O) groups excluding carboxylic acids is 1. The SMILES string of the molecule is CC[C@H]1CN(c2ncc(-c3nnc(N)o3)nc2C)CCN1C1CCN(CCC(=O)c2ccc(Cl)cc2)CC1. The van der Waals surface area contributed by atoms with Crippen LogP contribution in [0.15, 0.2) is 34.9 Å². The van der Waals surface area contributed by atoms with Crippen molar-refractivity contribution >= 4 is 29.2 Å². The molecule has 2 N–H and O–H groups in total. The van der Waals surface area contributed by atoms with E-state index in [1.807, 2.05) is 19.1 Å². The average Bonchev–Trinajstić information content (AvgIpc) is 3.38. The normalized spacial score (nSPS) is 19.7. The standard InChI is InChI=1S/C27H35ClN8O2/c1-3-21-17-35(25-18(2)31-23(16-30-25)26-32-33-27(29)38-26)14-15-36(21)22-8-11-34(12-9-22)13-10-24(37)19-4-6-20(28)7-5-19/h4-7,16,21-22H,3,8-15,17H2,1-2H3,(H2,29,33)/t21-/m0/s1. The lowest BCUT2D eigenvalue weighted by atomic mass is 9.97. The predicted molar refractivity (Wildman–Crippen MR) is 147 cm³/mol. The van der Waals surface area contributed by atoms with Gasteiger partial charge in [-0.3, -0.25) is 9.69 Å². The lowest BCUT2D eigenvalue weighted by Gasteiger charge is -2.47. The number of anilines is 2. The number of nitrogens with two attached hydrogens (primary N) is 1. The Morgan fingerprint density at radius 2 is 1.89 bits per heavy atom. The van der Waals surface area contributed by atoms with E-state index in [-0.39, 0.29) is 17.7 Å². The smallest absolute Gasteiger partial charge is 0.313 e. The number of hydrogen-bond acceptors (Lipinski definition) is 10. The summed E-state index contributed by atoms with van der Waals surface area (Å²) in [5.74, 6) is 1.36. The highest BCUT2D eigenvalue weighted by Gasteiger charge is 2.34. The molecule has 3 aromatic rings. The van der Waals surface area contributed by atoms with E-state index in [2.05, 4.69) is 36.8 Å². The van der Waals surface area contributed by atoms with Gasteiger partial charge < -0.3 is 20.0 Å². The van der Waals surface area contributed by atoms with Crippen LogP contribution in [0.2, 0.25) is 5.02 Å². The molecule has 0 unspecified atom stereocenters. The highest BCUT2D eigenvalue weighted by Crippen LogP contribution is 2.27. The van der Waals surface area contributed by atoms with Gasteiger partial charge in [0.05, 0.1) is 11.9 Å². The van der Waals surface area contributed by atoms with Crippen molar-refractivity contribution in [1.82, 2.24) is 30.0 Å². The van der Waals surface area contributed by atoms with Gasteiger partial charge in [-0.25, -0.2) is 9.97 Å². The first-order valence-electron chi connectivity index (χ1n) is 13.4. The van der Waals surface area contributed by atoms with Crippen LogP contribution in [0.25, 0.3) is 11.6 Å². The molecular weight excluding hydrogens is 504 g/mol. The number of nitrogen functional groups attached to an aromatic ring is 1. The van der Waals surface area contributed by atoms with Crippen molar-refractivity contribution in [1.29, 1.82) is 0 Å². The highest BCUT2D eigenvalue weighted by molar-refractivity contribution is 6.30. The van der Waals surface area contributed by atoms with Gasteiger partial charge in [0.2, 0.25) is 0 Å². The molecule has 2 aliphatic rings. The molecule has 0 aliphatic carbocycles. The van der Waals surface area contributed by atoms with Gasteiger partial charge in [0.15, 0.2) is 5.78 Å². The minimum Gasteiger partial charge on any atom is -0.402 e. The molecule has 0 saturated carbocycles. The number of rotatable bonds is 8. The van der Waals surface area contributed by atoms with Crippen LogP contribution in [0.3, 0.4) is 0 Å². The van der Waals surface area contributed by atoms with Gasteiger partial charge >= 0.3 is 6.01 Å². The van der Waals surface area contributed by atoms with Crippen molar-refractivity contribution in [2.75, 3.05) is 49.9 Å². The average molecular weight is 539 g/mol. The number of likely N-dealkylation sites (tertiary alicyclic amines) is 1. The van der Waals surface area contributed by atoms with Crippen molar-refractivity contribution < 1.29 is 9.21 Å². The van der Waals surface area contributed by atoms with Crippen molar-refractivity contribution in [3.05, 3.63) is 46.7 Å². The quantitative estimate of drug-likeness (QED) is 0.425. The molecule has 5 rings (SSSR count). The van der Waals surface area contributed by atoms with E-state index in [0.717, 1.165) is 75.6 Å². The van der Waals surface area contributed by atoms with E-state index in [1.165, 1.54) is 0 Å². The molecule has 202 valence electrons. The summed E-state index contributed by atoms with van der Waals surface area (Å²) in [4.78, 5) is 29.4. The fraction of sp³-hybridized carbons (Fsp3) is 0.519. The number of carbonyl (C=O) groups is 1. The van der Waals surface area contributed by atoms with Crippen LogP contribution < -0.4 is 10.6 Å². The molecular formula is C27H35ClN8O2. The van der Waals surface area contributed by atoms with Crippen molar-refractivity contribution in [2.45, 2.75) is 51.6 Å². The van der Waals surface area contributed by atoms with Crippen LogP contribution in [0.4, 0.5) is 11.8 Å². The maximum atomic E-state index is 12.5. The molecule has 0 amide bonds. The number of piperazine rings is 1. The number of aryl methyl sites for hydroxylation is 1. The van der Waals surface area contributed by atoms with Gasteiger partial charge in [-0.05, 0) is 63.5 Å². The maximum absolute atomic E-state index is 12.5. The van der Waals surface area contributed by atoms with Crippen LogP contribution in [0.5, 0.6) is 0 Å². The minimum absolute atomic E-state index is 0.0164. The van der Waals surface area contributed by atoms with Crippen LogP contribution in [0.1, 0.15) is 48.7 Å². The van der Waals surface area contributed by atoms with E-state index >= 15 is 0 Å². The van der Waals surface area contributed by atoms with Gasteiger partial charge in [-0.1, -0.05) is 23.6 Å². The fourth-order valence-electron chi connectivity index (χ4n) is 5.65. The molecule has 10 nitrogen and oxygen atoms in total. The van der Waals surface area contributed by atoms with Crippen molar-refractivity contribution in [2.24, 2.45) is 0 Å². The summed E-state index contributed by atoms with van der Waals surface area (Å²) in [6.45, 7) is 9.93. The number of piperidine rings is 1. The number of hydrogen-bond donors (Lipinski definition) is 1. The Kier molecular flexibility index (Phi) is 8.21. The number of ketones is 1. The third kappa shape index (κ3) is 5.98. The lowest BCUT2D eigenvalue weighted by molar-refractivity contribution is 0.0618. The summed E-state index contributed by atoms with van der Waals surface area (Å²) >= 11 is 5.94. The van der Waals surface area contributed by atoms with Crippen LogP contribution >= 0.6 is 11.6 Å². The maximum Gasteiger partial charge on any atom is 0.313 e. The molecule has 1 atom stereocenters. The van der Waals surface area contributed by atoms with E-state index in [4.69, 9.17) is 26.7 Å². The van der Waals surface area contributed by atoms with Crippen molar-refractivity contribution in [3.63, 3.8) is 0 Å². The monoisotopic (exact) mass is 538 g/mol. The predicted octanol–water partition coefficient (Wildman–Crippen LogP) is 3.71. The Morgan fingerprint density at radius 1 is 1.13 bits per heavy atom. The molecule has 0 bridgehead atoms. The second kappa shape index (κ2) is 11.8. The van der Waals surface area contributed by atoms with Gasteiger partial charge in [0.25, 0.3) is 5.89 Å². The van der Waals surface area contributed by atoms with Crippen LogP contribution in [-0.4, -0.2) is 87.1 Å². The second-order valence-electron chi connectivity index (χ2n) is 10.1. The molecule has 2 aliphatic heterocycles. The summed E-state index contributed by atoms with van der Waals surface area (Å²) < 4.78 is 5.29. The third-order valence-electron chi connectivity index (χ3n) is 7.73. The summed E-state index contributed by atoms with van der Waals surface area (Å²) in [6, 6.07) is 8.23. The molecule has 2 fully saturated rings. The largest absolute Gasteiger partial charge is 0.402 e.